The van der Waals surface area contributed by atoms with Crippen LogP contribution in [0.1, 0.15) is 49.8 Å². The Morgan fingerprint density at radius 1 is 1.03 bits per heavy atom. The average molecular weight is 420 g/mol. The predicted molar refractivity (Wildman–Crippen MR) is 131 cm³/mol. The smallest absolute Gasteiger partial charge is 0.0129 e. The highest BCUT2D eigenvalue weighted by molar-refractivity contribution is 8.00. The number of allylic oxidation sites excluding steroid dienone is 1. The molecule has 0 radical (unpaired) electrons. The van der Waals surface area contributed by atoms with E-state index in [0.29, 0.717) is 11.2 Å². The van der Waals surface area contributed by atoms with Gasteiger partial charge in [-0.05, 0) is 81.1 Å². The van der Waals surface area contributed by atoms with E-state index < -0.39 is 0 Å². The molecule has 0 spiro atoms. The number of hydrogen-bond acceptors (Lipinski definition) is 2. The van der Waals surface area contributed by atoms with Gasteiger partial charge < -0.3 is 4.90 Å². The van der Waals surface area contributed by atoms with Crippen LogP contribution < -0.4 is 0 Å². The molecule has 2 aromatic carbocycles. The molecule has 1 fully saturated rings. The van der Waals surface area contributed by atoms with Gasteiger partial charge in [0.2, 0.25) is 0 Å². The lowest BCUT2D eigenvalue weighted by Crippen LogP contribution is -2.34. The number of rotatable bonds is 5. The average Bonchev–Trinajstić information content (AvgIpc) is 2.87. The number of likely N-dealkylation sites (tertiary alicyclic amines) is 1. The standard InChI is InChI=1S/C28H37NS/c1-21-11-12-28-27(18-21)20-26(22(2)23(3)30-28)10-7-15-29-16-13-25(14-17-29)19-24-8-5-4-6-9-24/h4-6,8-12,18,22-23,25H,7,13-17,19-20H2,1-3H3/b26-10-/t22-,23+/m1/s1. The predicted octanol–water partition coefficient (Wildman–Crippen LogP) is 6.94. The third-order valence-electron chi connectivity index (χ3n) is 7.14. The van der Waals surface area contributed by atoms with Crippen molar-refractivity contribution in [3.8, 4) is 0 Å². The topological polar surface area (TPSA) is 3.24 Å². The summed E-state index contributed by atoms with van der Waals surface area (Å²) >= 11 is 2.06. The minimum absolute atomic E-state index is 0.647. The lowest BCUT2D eigenvalue weighted by atomic mass is 9.89. The van der Waals surface area contributed by atoms with Crippen molar-refractivity contribution in [3.63, 3.8) is 0 Å². The van der Waals surface area contributed by atoms with Gasteiger partial charge in [-0.25, -0.2) is 0 Å². The van der Waals surface area contributed by atoms with Crippen molar-refractivity contribution < 1.29 is 0 Å². The second-order valence-electron chi connectivity index (χ2n) is 9.44. The van der Waals surface area contributed by atoms with Crippen LogP contribution in [0.5, 0.6) is 0 Å². The molecular formula is C28H37NS. The van der Waals surface area contributed by atoms with Crippen molar-refractivity contribution in [2.24, 2.45) is 11.8 Å². The molecule has 2 heterocycles. The number of nitrogens with zero attached hydrogens (tertiary/aromatic N) is 1. The molecule has 2 aliphatic rings. The van der Waals surface area contributed by atoms with E-state index in [4.69, 9.17) is 0 Å². The van der Waals surface area contributed by atoms with Crippen LogP contribution in [0.25, 0.3) is 0 Å². The van der Waals surface area contributed by atoms with E-state index in [1.165, 1.54) is 66.9 Å². The molecule has 2 aliphatic heterocycles. The van der Waals surface area contributed by atoms with E-state index in [2.05, 4.69) is 92.0 Å². The molecule has 0 bridgehead atoms. The lowest BCUT2D eigenvalue weighted by Gasteiger charge is -2.32. The highest BCUT2D eigenvalue weighted by Gasteiger charge is 2.24. The first-order valence-electron chi connectivity index (χ1n) is 11.8. The van der Waals surface area contributed by atoms with Crippen LogP contribution in [-0.4, -0.2) is 29.8 Å². The summed E-state index contributed by atoms with van der Waals surface area (Å²) in [5.74, 6) is 1.51. The third-order valence-corrected chi connectivity index (χ3v) is 8.57. The monoisotopic (exact) mass is 419 g/mol. The van der Waals surface area contributed by atoms with Gasteiger partial charge in [0, 0.05) is 16.7 Å². The van der Waals surface area contributed by atoms with Gasteiger partial charge in [-0.2, -0.15) is 0 Å². The van der Waals surface area contributed by atoms with E-state index >= 15 is 0 Å². The fourth-order valence-electron chi connectivity index (χ4n) is 5.00. The van der Waals surface area contributed by atoms with E-state index in [1.807, 2.05) is 0 Å². The highest BCUT2D eigenvalue weighted by Crippen LogP contribution is 2.39. The van der Waals surface area contributed by atoms with Gasteiger partial charge in [-0.1, -0.05) is 73.5 Å². The van der Waals surface area contributed by atoms with Crippen molar-refractivity contribution >= 4 is 11.8 Å². The summed E-state index contributed by atoms with van der Waals surface area (Å²) in [6.45, 7) is 10.8. The summed E-state index contributed by atoms with van der Waals surface area (Å²) in [6.07, 6.45) is 8.86. The Hall–Kier alpha value is -1.51. The van der Waals surface area contributed by atoms with Crippen LogP contribution in [0.15, 0.2) is 65.1 Å². The maximum Gasteiger partial charge on any atom is 0.0129 e. The van der Waals surface area contributed by atoms with Gasteiger partial charge in [0.25, 0.3) is 0 Å². The van der Waals surface area contributed by atoms with E-state index in [-0.39, 0.29) is 0 Å². The Labute approximate surface area is 188 Å². The van der Waals surface area contributed by atoms with Crippen molar-refractivity contribution in [2.45, 2.75) is 63.0 Å². The van der Waals surface area contributed by atoms with Crippen LogP contribution >= 0.6 is 11.8 Å². The molecule has 0 aliphatic carbocycles. The summed E-state index contributed by atoms with van der Waals surface area (Å²) in [5.41, 5.74) is 6.07. The SMILES string of the molecule is Cc1ccc2c(c1)C/C(=C/CCN1CCC(Cc3ccccc3)CC1)[C@H](C)[C@H](C)S2. The van der Waals surface area contributed by atoms with Crippen molar-refractivity contribution in [1.29, 1.82) is 0 Å². The molecule has 2 heteroatoms. The number of thioether (sulfide) groups is 1. The number of piperidine rings is 1. The Bertz CT molecular complexity index is 848. The maximum absolute atomic E-state index is 2.69. The van der Waals surface area contributed by atoms with Crippen molar-refractivity contribution in [2.75, 3.05) is 19.6 Å². The molecule has 2 aromatic rings. The minimum Gasteiger partial charge on any atom is -0.303 e. The first kappa shape index (κ1) is 21.7. The molecule has 0 unspecified atom stereocenters. The molecule has 160 valence electrons. The fraction of sp³-hybridized carbons (Fsp3) is 0.500. The number of fused-ring (bicyclic) bond motifs is 1. The van der Waals surface area contributed by atoms with Crippen LogP contribution in [-0.2, 0) is 12.8 Å². The molecule has 1 nitrogen and oxygen atoms in total. The Kier molecular flexibility index (Phi) is 7.38. The first-order valence-corrected chi connectivity index (χ1v) is 12.7. The van der Waals surface area contributed by atoms with E-state index in [0.717, 1.165) is 12.3 Å². The van der Waals surface area contributed by atoms with Gasteiger partial charge >= 0.3 is 0 Å². The zero-order valence-electron chi connectivity index (χ0n) is 18.9. The molecule has 0 amide bonds. The van der Waals surface area contributed by atoms with Crippen LogP contribution in [0.4, 0.5) is 0 Å². The summed E-state index contributed by atoms with van der Waals surface area (Å²) < 4.78 is 0. The molecule has 0 saturated carbocycles. The Morgan fingerprint density at radius 2 is 1.80 bits per heavy atom. The first-order chi connectivity index (χ1) is 14.6. The second kappa shape index (κ2) is 10.2. The van der Waals surface area contributed by atoms with Crippen molar-refractivity contribution in [1.82, 2.24) is 4.90 Å². The molecule has 4 rings (SSSR count). The normalized spacial score (nSPS) is 24.6. The quantitative estimate of drug-likeness (QED) is 0.483. The van der Waals surface area contributed by atoms with Crippen molar-refractivity contribution in [3.05, 3.63) is 76.9 Å². The van der Waals surface area contributed by atoms with E-state index in [9.17, 15) is 0 Å². The van der Waals surface area contributed by atoms with Gasteiger partial charge in [0.05, 0.1) is 0 Å². The molecule has 2 atom stereocenters. The van der Waals surface area contributed by atoms with Gasteiger partial charge in [-0.15, -0.1) is 11.8 Å². The third kappa shape index (κ3) is 5.59. The zero-order chi connectivity index (χ0) is 20.9. The number of aryl methyl sites for hydroxylation is 1. The maximum atomic E-state index is 2.69. The molecule has 0 aromatic heterocycles. The molecule has 30 heavy (non-hydrogen) atoms. The lowest BCUT2D eigenvalue weighted by molar-refractivity contribution is 0.186. The molecular weight excluding hydrogens is 382 g/mol. The molecule has 0 N–H and O–H groups in total. The fourth-order valence-corrected chi connectivity index (χ4v) is 6.21. The van der Waals surface area contributed by atoms with Gasteiger partial charge in [-0.3, -0.25) is 0 Å². The van der Waals surface area contributed by atoms with Crippen LogP contribution in [0, 0.1) is 18.8 Å². The van der Waals surface area contributed by atoms with Gasteiger partial charge in [0.1, 0.15) is 0 Å². The van der Waals surface area contributed by atoms with Gasteiger partial charge in [0.15, 0.2) is 0 Å². The minimum atomic E-state index is 0.647. The zero-order valence-corrected chi connectivity index (χ0v) is 19.8. The highest BCUT2D eigenvalue weighted by atomic mass is 32.2. The summed E-state index contributed by atoms with van der Waals surface area (Å²) in [7, 11) is 0. The number of hydrogen-bond donors (Lipinski definition) is 0. The summed E-state index contributed by atoms with van der Waals surface area (Å²) in [6, 6.07) is 18.0. The number of benzene rings is 2. The Morgan fingerprint density at radius 3 is 2.57 bits per heavy atom. The van der Waals surface area contributed by atoms with Crippen LogP contribution in [0.2, 0.25) is 0 Å². The van der Waals surface area contributed by atoms with Crippen LogP contribution in [0.3, 0.4) is 0 Å². The Balaban J connectivity index is 1.29. The van der Waals surface area contributed by atoms with E-state index in [1.54, 1.807) is 5.57 Å². The summed E-state index contributed by atoms with van der Waals surface area (Å²) in [5, 5.41) is 0.647. The molecule has 1 saturated heterocycles. The largest absolute Gasteiger partial charge is 0.303 e. The summed E-state index contributed by atoms with van der Waals surface area (Å²) in [4.78, 5) is 4.18. The second-order valence-corrected chi connectivity index (χ2v) is 10.9.